The Morgan fingerprint density at radius 3 is 2.10 bits per heavy atom. The van der Waals surface area contributed by atoms with Gasteiger partial charge in [0.1, 0.15) is 0 Å². The lowest BCUT2D eigenvalue weighted by Crippen LogP contribution is -2.45. The van der Waals surface area contributed by atoms with E-state index in [0.29, 0.717) is 12.1 Å². The molecule has 3 atom stereocenters. The number of benzene rings is 1. The summed E-state index contributed by atoms with van der Waals surface area (Å²) in [4.78, 5) is 2.46. The molecule has 1 saturated heterocycles. The molecule has 0 radical (unpaired) electrons. The van der Waals surface area contributed by atoms with Gasteiger partial charge in [-0.25, -0.2) is 0 Å². The van der Waals surface area contributed by atoms with Gasteiger partial charge in [0.25, 0.3) is 0 Å². The van der Waals surface area contributed by atoms with E-state index in [4.69, 9.17) is 0 Å². The van der Waals surface area contributed by atoms with Gasteiger partial charge in [0.2, 0.25) is 0 Å². The van der Waals surface area contributed by atoms with Gasteiger partial charge >= 0.3 is 0 Å². The molecule has 2 rings (SSSR count). The minimum absolute atomic E-state index is 0.166. The standard InChI is InChI=1S/C19H31NO/c1-14-7-6-8-15(2)20(14)13-18(21)16-9-11-17(12-10-16)19(3,4)5/h9-12,14-15,18,21H,6-8,13H2,1-5H3/t14-,15+,18?. The Morgan fingerprint density at radius 1 is 1.10 bits per heavy atom. The Balaban J connectivity index is 2.04. The van der Waals surface area contributed by atoms with Crippen molar-refractivity contribution in [3.63, 3.8) is 0 Å². The van der Waals surface area contributed by atoms with E-state index in [1.165, 1.54) is 24.8 Å². The molecule has 1 aliphatic heterocycles. The molecule has 1 N–H and O–H groups in total. The van der Waals surface area contributed by atoms with Crippen molar-refractivity contribution in [1.82, 2.24) is 4.90 Å². The summed E-state index contributed by atoms with van der Waals surface area (Å²) in [5.41, 5.74) is 2.52. The van der Waals surface area contributed by atoms with Crippen LogP contribution in [0.1, 0.15) is 71.1 Å². The lowest BCUT2D eigenvalue weighted by Gasteiger charge is -2.40. The van der Waals surface area contributed by atoms with Crippen LogP contribution in [0.3, 0.4) is 0 Å². The molecule has 1 aliphatic rings. The molecular formula is C19H31NO. The van der Waals surface area contributed by atoms with Gasteiger partial charge < -0.3 is 5.11 Å². The summed E-state index contributed by atoms with van der Waals surface area (Å²) in [6.45, 7) is 12.0. The number of likely N-dealkylation sites (tertiary alicyclic amines) is 1. The first-order valence-corrected chi connectivity index (χ1v) is 8.33. The Labute approximate surface area is 130 Å². The highest BCUT2D eigenvalue weighted by Crippen LogP contribution is 2.27. The van der Waals surface area contributed by atoms with Crippen LogP contribution in [0.4, 0.5) is 0 Å². The van der Waals surface area contributed by atoms with Crippen molar-refractivity contribution in [2.24, 2.45) is 0 Å². The SMILES string of the molecule is C[C@@H]1CCC[C@H](C)N1CC(O)c1ccc(C(C)(C)C)cc1. The summed E-state index contributed by atoms with van der Waals surface area (Å²) in [5, 5.41) is 10.6. The summed E-state index contributed by atoms with van der Waals surface area (Å²) in [6, 6.07) is 9.65. The third-order valence-electron chi connectivity index (χ3n) is 4.92. The van der Waals surface area contributed by atoms with Crippen LogP contribution >= 0.6 is 0 Å². The van der Waals surface area contributed by atoms with E-state index in [1.54, 1.807) is 0 Å². The molecule has 118 valence electrons. The summed E-state index contributed by atoms with van der Waals surface area (Å²) >= 11 is 0. The van der Waals surface area contributed by atoms with Crippen LogP contribution in [0.2, 0.25) is 0 Å². The highest BCUT2D eigenvalue weighted by molar-refractivity contribution is 5.28. The normalized spacial score (nSPS) is 25.8. The zero-order valence-corrected chi connectivity index (χ0v) is 14.3. The molecule has 2 heteroatoms. The van der Waals surface area contributed by atoms with Gasteiger partial charge in [-0.2, -0.15) is 0 Å². The van der Waals surface area contributed by atoms with E-state index in [2.05, 4.69) is 63.8 Å². The van der Waals surface area contributed by atoms with Gasteiger partial charge in [-0.05, 0) is 43.2 Å². The van der Waals surface area contributed by atoms with Crippen LogP contribution in [0.5, 0.6) is 0 Å². The summed E-state index contributed by atoms with van der Waals surface area (Å²) in [7, 11) is 0. The van der Waals surface area contributed by atoms with Crippen LogP contribution in [-0.4, -0.2) is 28.6 Å². The molecule has 0 aromatic heterocycles. The molecule has 1 aromatic rings. The minimum Gasteiger partial charge on any atom is -0.387 e. The smallest absolute Gasteiger partial charge is 0.0917 e. The number of nitrogens with zero attached hydrogens (tertiary/aromatic N) is 1. The van der Waals surface area contributed by atoms with Crippen molar-refractivity contribution in [3.8, 4) is 0 Å². The topological polar surface area (TPSA) is 23.5 Å². The first kappa shape index (κ1) is 16.5. The van der Waals surface area contributed by atoms with Gasteiger partial charge in [-0.15, -0.1) is 0 Å². The fraction of sp³-hybridized carbons (Fsp3) is 0.684. The Morgan fingerprint density at radius 2 is 1.62 bits per heavy atom. The van der Waals surface area contributed by atoms with Crippen LogP contribution in [-0.2, 0) is 5.41 Å². The number of piperidine rings is 1. The Bertz CT molecular complexity index is 436. The van der Waals surface area contributed by atoms with Crippen LogP contribution in [0.25, 0.3) is 0 Å². The number of hydrogen-bond donors (Lipinski definition) is 1. The first-order valence-electron chi connectivity index (χ1n) is 8.33. The van der Waals surface area contributed by atoms with Crippen molar-refractivity contribution in [3.05, 3.63) is 35.4 Å². The van der Waals surface area contributed by atoms with Crippen molar-refractivity contribution in [2.45, 2.75) is 77.5 Å². The predicted molar refractivity (Wildman–Crippen MR) is 89.6 cm³/mol. The number of aliphatic hydroxyl groups excluding tert-OH is 1. The van der Waals surface area contributed by atoms with Gasteiger partial charge in [-0.1, -0.05) is 51.5 Å². The van der Waals surface area contributed by atoms with Crippen LogP contribution in [0, 0.1) is 0 Å². The van der Waals surface area contributed by atoms with Crippen molar-refractivity contribution in [2.75, 3.05) is 6.54 Å². The average Bonchev–Trinajstić information content (AvgIpc) is 2.42. The van der Waals surface area contributed by atoms with E-state index in [-0.39, 0.29) is 11.5 Å². The molecule has 0 aliphatic carbocycles. The molecule has 1 unspecified atom stereocenters. The molecule has 0 saturated carbocycles. The lowest BCUT2D eigenvalue weighted by atomic mass is 9.86. The predicted octanol–water partition coefficient (Wildman–Crippen LogP) is 4.28. The lowest BCUT2D eigenvalue weighted by molar-refractivity contribution is 0.0411. The van der Waals surface area contributed by atoms with Crippen LogP contribution in [0.15, 0.2) is 24.3 Å². The Kier molecular flexibility index (Phi) is 5.11. The molecule has 0 spiro atoms. The zero-order valence-electron chi connectivity index (χ0n) is 14.3. The quantitative estimate of drug-likeness (QED) is 0.897. The van der Waals surface area contributed by atoms with E-state index in [1.807, 2.05) is 0 Å². The summed E-state index contributed by atoms with van der Waals surface area (Å²) in [5.74, 6) is 0. The second-order valence-electron chi connectivity index (χ2n) is 7.71. The zero-order chi connectivity index (χ0) is 15.6. The molecular weight excluding hydrogens is 258 g/mol. The van der Waals surface area contributed by atoms with E-state index >= 15 is 0 Å². The fourth-order valence-electron chi connectivity index (χ4n) is 3.35. The van der Waals surface area contributed by atoms with E-state index < -0.39 is 0 Å². The molecule has 0 bridgehead atoms. The van der Waals surface area contributed by atoms with Gasteiger partial charge in [0.15, 0.2) is 0 Å². The molecule has 21 heavy (non-hydrogen) atoms. The van der Waals surface area contributed by atoms with E-state index in [0.717, 1.165) is 12.1 Å². The molecule has 0 amide bonds. The summed E-state index contributed by atoms with van der Waals surface area (Å²) < 4.78 is 0. The molecule has 1 heterocycles. The van der Waals surface area contributed by atoms with Gasteiger partial charge in [0.05, 0.1) is 6.10 Å². The monoisotopic (exact) mass is 289 g/mol. The molecule has 1 aromatic carbocycles. The average molecular weight is 289 g/mol. The largest absolute Gasteiger partial charge is 0.387 e. The third-order valence-corrected chi connectivity index (χ3v) is 4.92. The minimum atomic E-state index is -0.387. The maximum absolute atomic E-state index is 10.6. The molecule has 1 fully saturated rings. The third kappa shape index (κ3) is 4.08. The second-order valence-corrected chi connectivity index (χ2v) is 7.71. The second kappa shape index (κ2) is 6.50. The first-order chi connectivity index (χ1) is 9.79. The fourth-order valence-corrected chi connectivity index (χ4v) is 3.35. The molecule has 2 nitrogen and oxygen atoms in total. The number of rotatable bonds is 3. The highest BCUT2D eigenvalue weighted by Gasteiger charge is 2.26. The van der Waals surface area contributed by atoms with Crippen LogP contribution < -0.4 is 0 Å². The van der Waals surface area contributed by atoms with Gasteiger partial charge in [0, 0.05) is 18.6 Å². The number of hydrogen-bond acceptors (Lipinski definition) is 2. The van der Waals surface area contributed by atoms with Gasteiger partial charge in [-0.3, -0.25) is 4.90 Å². The number of β-amino-alcohol motifs (C(OH)–C–C–N with tert-alkyl or cyclic N) is 1. The number of aliphatic hydroxyl groups is 1. The van der Waals surface area contributed by atoms with Crippen molar-refractivity contribution in [1.29, 1.82) is 0 Å². The van der Waals surface area contributed by atoms with Crippen molar-refractivity contribution < 1.29 is 5.11 Å². The maximum Gasteiger partial charge on any atom is 0.0917 e. The summed E-state index contributed by atoms with van der Waals surface area (Å²) in [6.07, 6.45) is 3.43. The van der Waals surface area contributed by atoms with E-state index in [9.17, 15) is 5.11 Å². The van der Waals surface area contributed by atoms with Crippen molar-refractivity contribution >= 4 is 0 Å². The highest BCUT2D eigenvalue weighted by atomic mass is 16.3. The maximum atomic E-state index is 10.6. The Hall–Kier alpha value is -0.860.